The second-order valence-electron chi connectivity index (χ2n) is 6.21. The molecule has 3 rings (SSSR count). The van der Waals surface area contributed by atoms with Crippen LogP contribution < -0.4 is 15.4 Å². The first-order chi connectivity index (χ1) is 10.1. The molecular formula is C18H22N2O. The summed E-state index contributed by atoms with van der Waals surface area (Å²) in [5.74, 6) is 0.935. The van der Waals surface area contributed by atoms with Crippen molar-refractivity contribution in [2.75, 3.05) is 11.4 Å². The molecule has 0 fully saturated rings. The highest BCUT2D eigenvalue weighted by molar-refractivity contribution is 5.62. The van der Waals surface area contributed by atoms with Gasteiger partial charge >= 0.3 is 0 Å². The molecule has 0 atom stereocenters. The van der Waals surface area contributed by atoms with Crippen molar-refractivity contribution in [3.63, 3.8) is 0 Å². The van der Waals surface area contributed by atoms with Crippen LogP contribution in [0.4, 0.5) is 5.69 Å². The van der Waals surface area contributed by atoms with Gasteiger partial charge in [0.25, 0.3) is 0 Å². The molecule has 1 aliphatic heterocycles. The number of fused-ring (bicyclic) bond motifs is 1. The highest BCUT2D eigenvalue weighted by Gasteiger charge is 2.31. The molecule has 2 aromatic rings. The highest BCUT2D eigenvalue weighted by atomic mass is 16.5. The first-order valence-electron chi connectivity index (χ1n) is 7.38. The summed E-state index contributed by atoms with van der Waals surface area (Å²) < 4.78 is 6.13. The van der Waals surface area contributed by atoms with Gasteiger partial charge in [0, 0.05) is 13.1 Å². The standard InChI is InChI=1S/C18H22N2O/c1-18(2)13-20(12-14-6-4-3-5-7-14)16-9-8-15(11-19)10-17(16)21-18/h3-10H,11-13,19H2,1-2H3. The van der Waals surface area contributed by atoms with Gasteiger partial charge in [-0.25, -0.2) is 0 Å². The SMILES string of the molecule is CC1(C)CN(Cc2ccccc2)c2ccc(CN)cc2O1. The second-order valence-corrected chi connectivity index (χ2v) is 6.21. The summed E-state index contributed by atoms with van der Waals surface area (Å²) in [6.07, 6.45) is 0. The molecule has 0 amide bonds. The molecule has 3 nitrogen and oxygen atoms in total. The summed E-state index contributed by atoms with van der Waals surface area (Å²) in [5, 5.41) is 0. The van der Waals surface area contributed by atoms with Crippen LogP contribution >= 0.6 is 0 Å². The van der Waals surface area contributed by atoms with Crippen molar-refractivity contribution >= 4 is 5.69 Å². The van der Waals surface area contributed by atoms with Crippen LogP contribution in [0.1, 0.15) is 25.0 Å². The van der Waals surface area contributed by atoms with Gasteiger partial charge in [0.2, 0.25) is 0 Å². The lowest BCUT2D eigenvalue weighted by Gasteiger charge is -2.41. The van der Waals surface area contributed by atoms with Gasteiger partial charge in [-0.15, -0.1) is 0 Å². The molecule has 0 radical (unpaired) electrons. The van der Waals surface area contributed by atoms with E-state index in [-0.39, 0.29) is 5.60 Å². The van der Waals surface area contributed by atoms with Crippen molar-refractivity contribution in [2.45, 2.75) is 32.5 Å². The number of hydrogen-bond donors (Lipinski definition) is 1. The topological polar surface area (TPSA) is 38.5 Å². The molecule has 2 N–H and O–H groups in total. The van der Waals surface area contributed by atoms with Gasteiger partial charge in [0.05, 0.1) is 12.2 Å². The van der Waals surface area contributed by atoms with E-state index in [9.17, 15) is 0 Å². The average Bonchev–Trinajstić information content (AvgIpc) is 2.46. The van der Waals surface area contributed by atoms with Gasteiger partial charge in [-0.1, -0.05) is 36.4 Å². The van der Waals surface area contributed by atoms with Crippen molar-refractivity contribution in [1.82, 2.24) is 0 Å². The monoisotopic (exact) mass is 282 g/mol. The van der Waals surface area contributed by atoms with E-state index in [1.165, 1.54) is 5.56 Å². The molecule has 1 aliphatic rings. The Labute approximate surface area is 126 Å². The molecule has 0 saturated heterocycles. The molecule has 2 aromatic carbocycles. The summed E-state index contributed by atoms with van der Waals surface area (Å²) in [6.45, 7) is 6.56. The highest BCUT2D eigenvalue weighted by Crippen LogP contribution is 2.38. The van der Waals surface area contributed by atoms with Crippen molar-refractivity contribution in [2.24, 2.45) is 5.73 Å². The zero-order valence-corrected chi connectivity index (χ0v) is 12.7. The van der Waals surface area contributed by atoms with E-state index in [1.807, 2.05) is 6.07 Å². The van der Waals surface area contributed by atoms with Crippen LogP contribution in [0.25, 0.3) is 0 Å². The Bertz CT molecular complexity index is 622. The van der Waals surface area contributed by atoms with E-state index in [0.717, 1.165) is 30.1 Å². The molecule has 3 heteroatoms. The fourth-order valence-electron chi connectivity index (χ4n) is 2.85. The molecule has 0 unspecified atom stereocenters. The third kappa shape index (κ3) is 3.03. The third-order valence-electron chi connectivity index (χ3n) is 3.77. The zero-order valence-electron chi connectivity index (χ0n) is 12.7. The van der Waals surface area contributed by atoms with E-state index in [0.29, 0.717) is 6.54 Å². The maximum atomic E-state index is 6.13. The fourth-order valence-corrected chi connectivity index (χ4v) is 2.85. The molecule has 0 aromatic heterocycles. The number of anilines is 1. The largest absolute Gasteiger partial charge is 0.484 e. The minimum atomic E-state index is -0.199. The summed E-state index contributed by atoms with van der Waals surface area (Å²) in [7, 11) is 0. The van der Waals surface area contributed by atoms with Gasteiger partial charge in [-0.2, -0.15) is 0 Å². The molecule has 21 heavy (non-hydrogen) atoms. The Morgan fingerprint density at radius 3 is 2.57 bits per heavy atom. The van der Waals surface area contributed by atoms with Crippen LogP contribution in [-0.4, -0.2) is 12.1 Å². The van der Waals surface area contributed by atoms with E-state index in [4.69, 9.17) is 10.5 Å². The number of rotatable bonds is 3. The van der Waals surface area contributed by atoms with Gasteiger partial charge in [0.1, 0.15) is 11.4 Å². The van der Waals surface area contributed by atoms with Crippen LogP contribution in [0.5, 0.6) is 5.75 Å². The van der Waals surface area contributed by atoms with Crippen LogP contribution in [0.2, 0.25) is 0 Å². The number of nitrogens with zero attached hydrogens (tertiary/aromatic N) is 1. The molecule has 0 saturated carbocycles. The lowest BCUT2D eigenvalue weighted by molar-refractivity contribution is 0.104. The van der Waals surface area contributed by atoms with Crippen LogP contribution in [0, 0.1) is 0 Å². The minimum Gasteiger partial charge on any atom is -0.484 e. The molecule has 1 heterocycles. The first kappa shape index (κ1) is 14.0. The molecule has 110 valence electrons. The summed E-state index contributed by atoms with van der Waals surface area (Å²) in [6, 6.07) is 16.8. The van der Waals surface area contributed by atoms with Crippen molar-refractivity contribution < 1.29 is 4.74 Å². The van der Waals surface area contributed by atoms with Crippen molar-refractivity contribution in [3.05, 3.63) is 59.7 Å². The lowest BCUT2D eigenvalue weighted by Crippen LogP contribution is -2.46. The van der Waals surface area contributed by atoms with Gasteiger partial charge in [-0.05, 0) is 37.1 Å². The molecule has 0 spiro atoms. The van der Waals surface area contributed by atoms with Gasteiger partial charge in [0.15, 0.2) is 0 Å². The van der Waals surface area contributed by atoms with Crippen LogP contribution in [0.15, 0.2) is 48.5 Å². The van der Waals surface area contributed by atoms with Crippen LogP contribution in [0.3, 0.4) is 0 Å². The Kier molecular flexibility index (Phi) is 3.60. The summed E-state index contributed by atoms with van der Waals surface area (Å²) >= 11 is 0. The predicted molar refractivity (Wildman–Crippen MR) is 86.5 cm³/mol. The second kappa shape index (κ2) is 5.41. The third-order valence-corrected chi connectivity index (χ3v) is 3.77. The van der Waals surface area contributed by atoms with E-state index < -0.39 is 0 Å². The predicted octanol–water partition coefficient (Wildman–Crippen LogP) is 3.32. The first-order valence-corrected chi connectivity index (χ1v) is 7.38. The molecule has 0 aliphatic carbocycles. The number of ether oxygens (including phenoxy) is 1. The molecular weight excluding hydrogens is 260 g/mol. The molecule has 0 bridgehead atoms. The zero-order chi connectivity index (χ0) is 14.9. The van der Waals surface area contributed by atoms with E-state index in [2.05, 4.69) is 61.2 Å². The number of nitrogens with two attached hydrogens (primary N) is 1. The maximum absolute atomic E-state index is 6.13. The normalized spacial score (nSPS) is 16.2. The Morgan fingerprint density at radius 2 is 1.86 bits per heavy atom. The van der Waals surface area contributed by atoms with Crippen molar-refractivity contribution in [3.8, 4) is 5.75 Å². The summed E-state index contributed by atoms with van der Waals surface area (Å²) in [5.41, 5.74) is 9.10. The maximum Gasteiger partial charge on any atom is 0.143 e. The quantitative estimate of drug-likeness (QED) is 0.938. The van der Waals surface area contributed by atoms with Gasteiger partial charge < -0.3 is 15.4 Å². The van der Waals surface area contributed by atoms with Crippen LogP contribution in [-0.2, 0) is 13.1 Å². The van der Waals surface area contributed by atoms with Gasteiger partial charge in [-0.3, -0.25) is 0 Å². The number of benzene rings is 2. The smallest absolute Gasteiger partial charge is 0.143 e. The Balaban J connectivity index is 1.94. The average molecular weight is 282 g/mol. The number of hydrogen-bond acceptors (Lipinski definition) is 3. The lowest BCUT2D eigenvalue weighted by atomic mass is 10.0. The van der Waals surface area contributed by atoms with E-state index in [1.54, 1.807) is 0 Å². The summed E-state index contributed by atoms with van der Waals surface area (Å²) in [4.78, 5) is 2.38. The Hall–Kier alpha value is -2.00. The fraction of sp³-hybridized carbons (Fsp3) is 0.333. The Morgan fingerprint density at radius 1 is 1.10 bits per heavy atom. The minimum absolute atomic E-state index is 0.199. The van der Waals surface area contributed by atoms with E-state index >= 15 is 0 Å². The van der Waals surface area contributed by atoms with Crippen molar-refractivity contribution in [1.29, 1.82) is 0 Å².